The van der Waals surface area contributed by atoms with Crippen molar-refractivity contribution in [3.05, 3.63) is 46.4 Å². The van der Waals surface area contributed by atoms with E-state index in [1.54, 1.807) is 6.20 Å². The van der Waals surface area contributed by atoms with Crippen molar-refractivity contribution in [3.8, 4) is 0 Å². The van der Waals surface area contributed by atoms with Crippen molar-refractivity contribution in [3.63, 3.8) is 0 Å². The first-order valence-electron chi connectivity index (χ1n) is 9.25. The van der Waals surface area contributed by atoms with E-state index in [1.807, 2.05) is 46.3 Å². The summed E-state index contributed by atoms with van der Waals surface area (Å²) in [5.74, 6) is 0.320. The van der Waals surface area contributed by atoms with Gasteiger partial charge in [0.2, 0.25) is 5.91 Å². The molecule has 4 rings (SSSR count). The molecule has 0 spiro atoms. The number of rotatable bonds is 5. The molecule has 0 aromatic carbocycles. The number of hydrogen-bond acceptors (Lipinski definition) is 5. The van der Waals surface area contributed by atoms with Gasteiger partial charge in [-0.25, -0.2) is 4.98 Å². The van der Waals surface area contributed by atoms with Gasteiger partial charge in [0.05, 0.1) is 10.6 Å². The Morgan fingerprint density at radius 2 is 2.15 bits per heavy atom. The number of nitrogens with zero attached hydrogens (tertiary/aromatic N) is 4. The van der Waals surface area contributed by atoms with Gasteiger partial charge >= 0.3 is 0 Å². The molecular formula is C20H22N4O2S. The molecule has 0 saturated carbocycles. The molecule has 1 amide bonds. The van der Waals surface area contributed by atoms with E-state index in [9.17, 15) is 9.59 Å². The molecule has 0 bridgehead atoms. The van der Waals surface area contributed by atoms with Gasteiger partial charge in [-0.05, 0) is 36.4 Å². The third-order valence-electron chi connectivity index (χ3n) is 5.15. The average molecular weight is 382 g/mol. The fraction of sp³-hybridized carbons (Fsp3) is 0.400. The Balaban J connectivity index is 1.43. The van der Waals surface area contributed by atoms with Crippen LogP contribution < -0.4 is 0 Å². The monoisotopic (exact) mass is 382 g/mol. The van der Waals surface area contributed by atoms with Gasteiger partial charge in [-0.15, -0.1) is 11.3 Å². The molecular weight excluding hydrogens is 360 g/mol. The quantitative estimate of drug-likeness (QED) is 0.634. The van der Waals surface area contributed by atoms with Gasteiger partial charge in [-0.2, -0.15) is 5.10 Å². The van der Waals surface area contributed by atoms with Crippen molar-refractivity contribution < 1.29 is 9.59 Å². The van der Waals surface area contributed by atoms with Crippen molar-refractivity contribution in [1.82, 2.24) is 19.7 Å². The molecule has 140 valence electrons. The zero-order chi connectivity index (χ0) is 18.8. The number of carbonyl (C=O) groups is 2. The molecule has 0 aliphatic carbocycles. The van der Waals surface area contributed by atoms with Crippen molar-refractivity contribution in [2.75, 3.05) is 13.1 Å². The Morgan fingerprint density at radius 1 is 1.26 bits per heavy atom. The van der Waals surface area contributed by atoms with Crippen LogP contribution in [-0.2, 0) is 11.8 Å². The Labute approximate surface area is 161 Å². The molecule has 3 aromatic rings. The van der Waals surface area contributed by atoms with E-state index >= 15 is 0 Å². The Hall–Kier alpha value is -2.54. The number of Topliss-reactive ketones (excluding diaryl/α,β-unsaturated/α-hetero) is 1. The minimum absolute atomic E-state index is 0.0497. The topological polar surface area (TPSA) is 68.1 Å². The van der Waals surface area contributed by atoms with Crippen molar-refractivity contribution in [1.29, 1.82) is 0 Å². The number of amides is 1. The number of carbonyl (C=O) groups excluding carboxylic acids is 2. The second-order valence-electron chi connectivity index (χ2n) is 6.96. The summed E-state index contributed by atoms with van der Waals surface area (Å²) in [5, 5.41) is 7.63. The maximum Gasteiger partial charge on any atom is 0.223 e. The molecule has 1 saturated heterocycles. The lowest BCUT2D eigenvalue weighted by Gasteiger charge is -2.32. The predicted octanol–water partition coefficient (Wildman–Crippen LogP) is 3.40. The van der Waals surface area contributed by atoms with E-state index in [0.717, 1.165) is 41.0 Å². The number of likely N-dealkylation sites (tertiary alicyclic amines) is 1. The molecule has 1 atom stereocenters. The zero-order valence-electron chi connectivity index (χ0n) is 15.3. The molecule has 0 radical (unpaired) electrons. The summed E-state index contributed by atoms with van der Waals surface area (Å²) in [4.78, 5) is 31.8. The summed E-state index contributed by atoms with van der Waals surface area (Å²) < 4.78 is 1.81. The van der Waals surface area contributed by atoms with E-state index in [4.69, 9.17) is 0 Å². The largest absolute Gasteiger partial charge is 0.342 e. The lowest BCUT2D eigenvalue weighted by molar-refractivity contribution is -0.132. The highest BCUT2D eigenvalue weighted by Crippen LogP contribution is 2.31. The van der Waals surface area contributed by atoms with Crippen LogP contribution in [0, 0.1) is 0 Å². The van der Waals surface area contributed by atoms with Gasteiger partial charge in [0.15, 0.2) is 11.4 Å². The summed E-state index contributed by atoms with van der Waals surface area (Å²) in [5.41, 5.74) is 1.89. The Bertz CT molecular complexity index is 964. The summed E-state index contributed by atoms with van der Waals surface area (Å²) in [6.45, 7) is 1.42. The molecule has 1 aliphatic rings. The molecule has 0 N–H and O–H groups in total. The first-order chi connectivity index (χ1) is 13.1. The SMILES string of the molecule is Cn1nc(C2CCCN(C(=O)CCC(=O)c3cccs3)C2)c2cccnc21. The molecule has 7 heteroatoms. The highest BCUT2D eigenvalue weighted by Gasteiger charge is 2.28. The summed E-state index contributed by atoms with van der Waals surface area (Å²) in [6.07, 6.45) is 4.28. The van der Waals surface area contributed by atoms with E-state index < -0.39 is 0 Å². The fourth-order valence-electron chi connectivity index (χ4n) is 3.79. The van der Waals surface area contributed by atoms with Crippen LogP contribution >= 0.6 is 11.3 Å². The smallest absolute Gasteiger partial charge is 0.223 e. The van der Waals surface area contributed by atoms with E-state index in [2.05, 4.69) is 10.1 Å². The molecule has 6 nitrogen and oxygen atoms in total. The second-order valence-corrected chi connectivity index (χ2v) is 7.91. The van der Waals surface area contributed by atoms with Gasteiger partial charge < -0.3 is 4.90 Å². The van der Waals surface area contributed by atoms with Crippen molar-refractivity contribution in [2.45, 2.75) is 31.6 Å². The van der Waals surface area contributed by atoms with E-state index in [1.165, 1.54) is 11.3 Å². The molecule has 3 aromatic heterocycles. The molecule has 27 heavy (non-hydrogen) atoms. The van der Waals surface area contributed by atoms with E-state index in [-0.39, 0.29) is 30.4 Å². The van der Waals surface area contributed by atoms with E-state index in [0.29, 0.717) is 6.54 Å². The number of ketones is 1. The maximum atomic E-state index is 12.7. The Kier molecular flexibility index (Phi) is 5.03. The third kappa shape index (κ3) is 3.64. The highest BCUT2D eigenvalue weighted by atomic mass is 32.1. The average Bonchev–Trinajstić information content (AvgIpc) is 3.35. The van der Waals surface area contributed by atoms with Crippen molar-refractivity contribution in [2.24, 2.45) is 7.05 Å². The van der Waals surface area contributed by atoms with Gasteiger partial charge in [-0.3, -0.25) is 14.3 Å². The summed E-state index contributed by atoms with van der Waals surface area (Å²) in [6, 6.07) is 7.65. The van der Waals surface area contributed by atoms with Crippen LogP contribution in [0.1, 0.15) is 47.0 Å². The number of aromatic nitrogens is 3. The van der Waals surface area contributed by atoms with Crippen LogP contribution in [-0.4, -0.2) is 44.4 Å². The molecule has 4 heterocycles. The normalized spacial score (nSPS) is 17.4. The zero-order valence-corrected chi connectivity index (χ0v) is 16.1. The van der Waals surface area contributed by atoms with Gasteiger partial charge in [0, 0.05) is 50.5 Å². The van der Waals surface area contributed by atoms with Crippen LogP contribution in [0.25, 0.3) is 11.0 Å². The Morgan fingerprint density at radius 3 is 2.96 bits per heavy atom. The predicted molar refractivity (Wildman–Crippen MR) is 105 cm³/mol. The molecule has 1 fully saturated rings. The van der Waals surface area contributed by atoms with Gasteiger partial charge in [0.1, 0.15) is 0 Å². The molecule has 1 aliphatic heterocycles. The van der Waals surface area contributed by atoms with Gasteiger partial charge in [0.25, 0.3) is 0 Å². The first kappa shape index (κ1) is 17.9. The number of pyridine rings is 1. The van der Waals surface area contributed by atoms with Crippen LogP contribution in [0.4, 0.5) is 0 Å². The number of piperidine rings is 1. The van der Waals surface area contributed by atoms with Crippen LogP contribution in [0.3, 0.4) is 0 Å². The first-order valence-corrected chi connectivity index (χ1v) is 10.1. The van der Waals surface area contributed by atoms with Crippen molar-refractivity contribution >= 4 is 34.1 Å². The minimum atomic E-state index is 0.0497. The lowest BCUT2D eigenvalue weighted by Crippen LogP contribution is -2.39. The lowest BCUT2D eigenvalue weighted by atomic mass is 9.93. The number of aryl methyl sites for hydroxylation is 1. The number of fused-ring (bicyclic) bond motifs is 1. The minimum Gasteiger partial charge on any atom is -0.342 e. The number of hydrogen-bond donors (Lipinski definition) is 0. The van der Waals surface area contributed by atoms with Crippen LogP contribution in [0.5, 0.6) is 0 Å². The molecule has 1 unspecified atom stereocenters. The standard InChI is InChI=1S/C20H22N4O2S/c1-23-20-15(6-2-10-21-20)19(22-23)14-5-3-11-24(13-14)18(26)9-8-16(25)17-7-4-12-27-17/h2,4,6-7,10,12,14H,3,5,8-9,11,13H2,1H3. The summed E-state index contributed by atoms with van der Waals surface area (Å²) >= 11 is 1.43. The summed E-state index contributed by atoms with van der Waals surface area (Å²) in [7, 11) is 1.90. The van der Waals surface area contributed by atoms with Gasteiger partial charge in [-0.1, -0.05) is 6.07 Å². The second kappa shape index (κ2) is 7.60. The third-order valence-corrected chi connectivity index (χ3v) is 6.06. The van der Waals surface area contributed by atoms with Crippen LogP contribution in [0.2, 0.25) is 0 Å². The van der Waals surface area contributed by atoms with Crippen LogP contribution in [0.15, 0.2) is 35.8 Å². The number of thiophene rings is 1. The maximum absolute atomic E-state index is 12.7. The fourth-order valence-corrected chi connectivity index (χ4v) is 4.48. The highest BCUT2D eigenvalue weighted by molar-refractivity contribution is 7.12.